The van der Waals surface area contributed by atoms with Crippen LogP contribution in [0, 0.1) is 0 Å². The lowest BCUT2D eigenvalue weighted by molar-refractivity contribution is 0.660. The third-order valence-corrected chi connectivity index (χ3v) is 26.4. The molecular weight excluding hydrogens is 953 g/mol. The van der Waals surface area contributed by atoms with Gasteiger partial charge in [-0.15, -0.1) is 0 Å². The van der Waals surface area contributed by atoms with Crippen molar-refractivity contribution in [2.75, 3.05) is 0 Å². The largest absolute Gasteiger partial charge is 0.455 e. The van der Waals surface area contributed by atoms with Crippen LogP contribution in [-0.4, -0.2) is 16.1 Å². The first-order valence-corrected chi connectivity index (χ1v) is 33.2. The first-order chi connectivity index (χ1) is 36.7. The summed E-state index contributed by atoms with van der Waals surface area (Å²) in [5, 5.41) is 15.9. The Bertz CT molecular complexity index is 4880. The average molecular weight is 1010 g/mol. The van der Waals surface area contributed by atoms with Crippen LogP contribution in [0.5, 0.6) is 0 Å². The topological polar surface area (TPSA) is 26.3 Å². The molecule has 0 fully saturated rings. The van der Waals surface area contributed by atoms with Crippen LogP contribution >= 0.6 is 0 Å². The van der Waals surface area contributed by atoms with Crippen molar-refractivity contribution in [2.24, 2.45) is 0 Å². The van der Waals surface area contributed by atoms with E-state index in [1.54, 1.807) is 0 Å². The van der Waals surface area contributed by atoms with Gasteiger partial charge in [0.25, 0.3) is 0 Å². The van der Waals surface area contributed by atoms with E-state index in [2.05, 4.69) is 236 Å². The molecule has 2 aliphatic carbocycles. The van der Waals surface area contributed by atoms with Crippen LogP contribution in [0.2, 0.25) is 26.2 Å². The summed E-state index contributed by atoms with van der Waals surface area (Å²) < 4.78 is 14.6. The van der Waals surface area contributed by atoms with Gasteiger partial charge in [-0.1, -0.05) is 212 Å². The van der Waals surface area contributed by atoms with Gasteiger partial charge in [-0.25, -0.2) is 0 Å². The Hall–Kier alpha value is -8.03. The minimum atomic E-state index is -2.41. The van der Waals surface area contributed by atoms with Gasteiger partial charge >= 0.3 is 0 Å². The zero-order valence-electron chi connectivity index (χ0n) is 44.1. The summed E-state index contributed by atoms with van der Waals surface area (Å²) >= 11 is 0. The molecule has 0 amide bonds. The summed E-state index contributed by atoms with van der Waals surface area (Å²) in [4.78, 5) is 0. The standard InChI is InChI=1S/C72H54O2Si2/c1-71(2)53-29-17-13-25-43(53)63-41-23-11-9-21-39(41)47(33-55(63)71)49-35-62-67(70-65(49)45-27-15-19-31-57(45)74-70)52-38-59-51(37-60(52)76(62,7)8)66-61(75(59,5)6)36-50(69-68(66)46-28-16-20-32-58(46)73-69)48-34-56-64(42-24-12-10-22-40(42)48)44-26-14-18-30-54(44)72(56,3)4/h9-38H,1-8H3. The van der Waals surface area contributed by atoms with Gasteiger partial charge < -0.3 is 8.83 Å². The van der Waals surface area contributed by atoms with Crippen LogP contribution < -0.4 is 20.7 Å². The Morgan fingerprint density at radius 1 is 0.289 bits per heavy atom. The number of para-hydroxylation sites is 2. The first kappa shape index (κ1) is 43.2. The molecule has 362 valence electrons. The fraction of sp³-hybridized carbons (Fsp3) is 0.139. The van der Waals surface area contributed by atoms with Gasteiger partial charge in [0, 0.05) is 43.5 Å². The molecule has 76 heavy (non-hydrogen) atoms. The zero-order chi connectivity index (χ0) is 51.1. The number of hydrogen-bond donors (Lipinski definition) is 0. The Morgan fingerprint density at radius 2 is 0.684 bits per heavy atom. The van der Waals surface area contributed by atoms with E-state index >= 15 is 0 Å². The highest BCUT2D eigenvalue weighted by Gasteiger charge is 2.47. The van der Waals surface area contributed by atoms with E-state index in [0.29, 0.717) is 0 Å². The lowest BCUT2D eigenvalue weighted by atomic mass is 9.80. The number of furan rings is 2. The second kappa shape index (κ2) is 14.1. The second-order valence-electron chi connectivity index (χ2n) is 24.6. The summed E-state index contributed by atoms with van der Waals surface area (Å²) in [6.07, 6.45) is 0. The maximum Gasteiger partial charge on any atom is 0.143 e. The molecule has 0 atom stereocenters. The third-order valence-electron chi connectivity index (χ3n) is 19.4. The highest BCUT2D eigenvalue weighted by molar-refractivity contribution is 7.06. The van der Waals surface area contributed by atoms with Gasteiger partial charge in [0.2, 0.25) is 0 Å². The SMILES string of the molecule is CC1(C)c2ccccc2-c2c1cc(-c1cc3c(c4c1oc1ccccc14)-c1cc4c(cc1[Si]3(C)C)-c1c(cc(-c3cc5c(c6ccccc36)-c3ccccc3C5(C)C)c3c1oc1ccccc13)[Si]4(C)C)c1ccccc21. The lowest BCUT2D eigenvalue weighted by Gasteiger charge is -2.24. The van der Waals surface area contributed by atoms with Crippen molar-refractivity contribution < 1.29 is 8.83 Å². The van der Waals surface area contributed by atoms with Gasteiger partial charge in [-0.3, -0.25) is 0 Å². The number of rotatable bonds is 2. The summed E-state index contributed by atoms with van der Waals surface area (Å²) in [5.74, 6) is 0. The summed E-state index contributed by atoms with van der Waals surface area (Å²) in [5.41, 5.74) is 25.0. The van der Waals surface area contributed by atoms with Crippen molar-refractivity contribution in [3.8, 4) is 66.8 Å². The smallest absolute Gasteiger partial charge is 0.143 e. The van der Waals surface area contributed by atoms with Gasteiger partial charge in [-0.05, 0) is 144 Å². The van der Waals surface area contributed by atoms with Crippen LogP contribution in [0.25, 0.3) is 132 Å². The fourth-order valence-electron chi connectivity index (χ4n) is 15.6. The van der Waals surface area contributed by atoms with Crippen LogP contribution in [0.1, 0.15) is 49.9 Å². The van der Waals surface area contributed by atoms with E-state index < -0.39 is 16.1 Å². The minimum absolute atomic E-state index is 0.151. The maximum atomic E-state index is 7.32. The first-order valence-electron chi connectivity index (χ1n) is 27.2. The van der Waals surface area contributed by atoms with Crippen LogP contribution in [0.4, 0.5) is 0 Å². The molecule has 0 unspecified atom stereocenters. The molecule has 2 nitrogen and oxygen atoms in total. The van der Waals surface area contributed by atoms with E-state index in [4.69, 9.17) is 8.83 Å². The molecule has 4 heterocycles. The molecule has 2 aliphatic heterocycles. The predicted octanol–water partition coefficient (Wildman–Crippen LogP) is 17.3. The molecule has 0 N–H and O–H groups in total. The van der Waals surface area contributed by atoms with E-state index in [1.165, 1.54) is 153 Å². The van der Waals surface area contributed by atoms with Crippen LogP contribution in [0.3, 0.4) is 0 Å². The van der Waals surface area contributed by atoms with Gasteiger partial charge in [-0.2, -0.15) is 0 Å². The summed E-state index contributed by atoms with van der Waals surface area (Å²) in [7, 11) is -4.81. The minimum Gasteiger partial charge on any atom is -0.455 e. The maximum absolute atomic E-state index is 7.32. The average Bonchev–Trinajstić information content (AvgIpc) is 4.43. The quantitative estimate of drug-likeness (QED) is 0.161. The molecule has 0 saturated heterocycles. The number of hydrogen-bond acceptors (Lipinski definition) is 2. The van der Waals surface area contributed by atoms with E-state index in [0.717, 1.165) is 22.3 Å². The molecule has 4 heteroatoms. The Labute approximate surface area is 444 Å². The highest BCUT2D eigenvalue weighted by atomic mass is 28.3. The normalized spacial score (nSPS) is 16.3. The fourth-order valence-corrected chi connectivity index (χ4v) is 21.7. The molecule has 0 radical (unpaired) electrons. The molecule has 11 aromatic carbocycles. The summed E-state index contributed by atoms with van der Waals surface area (Å²) in [6.45, 7) is 20.0. The predicted molar refractivity (Wildman–Crippen MR) is 326 cm³/mol. The Morgan fingerprint density at radius 3 is 1.24 bits per heavy atom. The molecular formula is C72H54O2Si2. The van der Waals surface area contributed by atoms with Crippen molar-refractivity contribution >= 4 is 102 Å². The van der Waals surface area contributed by atoms with E-state index in [1.807, 2.05) is 0 Å². The Kier molecular flexibility index (Phi) is 8.00. The second-order valence-corrected chi connectivity index (χ2v) is 33.3. The van der Waals surface area contributed by atoms with Gasteiger partial charge in [0.05, 0.1) is 0 Å². The highest BCUT2D eigenvalue weighted by Crippen LogP contribution is 2.57. The number of benzene rings is 11. The van der Waals surface area contributed by atoms with E-state index in [-0.39, 0.29) is 10.8 Å². The molecule has 4 aliphatic rings. The van der Waals surface area contributed by atoms with Crippen molar-refractivity contribution in [1.82, 2.24) is 0 Å². The van der Waals surface area contributed by atoms with Crippen molar-refractivity contribution in [1.29, 1.82) is 0 Å². The molecule has 0 bridgehead atoms. The number of fused-ring (bicyclic) bond motifs is 24. The molecule has 17 rings (SSSR count). The van der Waals surface area contributed by atoms with E-state index in [9.17, 15) is 0 Å². The van der Waals surface area contributed by atoms with Crippen molar-refractivity contribution in [3.05, 3.63) is 204 Å². The monoisotopic (exact) mass is 1010 g/mol. The van der Waals surface area contributed by atoms with Gasteiger partial charge in [0.15, 0.2) is 0 Å². The molecule has 2 aromatic heterocycles. The third kappa shape index (κ3) is 5.09. The van der Waals surface area contributed by atoms with Crippen LogP contribution in [0.15, 0.2) is 191 Å². The van der Waals surface area contributed by atoms with Crippen molar-refractivity contribution in [2.45, 2.75) is 64.7 Å². The lowest BCUT2D eigenvalue weighted by Crippen LogP contribution is -2.51. The molecule has 13 aromatic rings. The van der Waals surface area contributed by atoms with Crippen LogP contribution in [-0.2, 0) is 10.8 Å². The van der Waals surface area contributed by atoms with Crippen molar-refractivity contribution in [3.63, 3.8) is 0 Å². The molecule has 0 saturated carbocycles. The molecule has 0 spiro atoms. The zero-order valence-corrected chi connectivity index (χ0v) is 46.1. The Balaban J connectivity index is 0.924. The van der Waals surface area contributed by atoms with Gasteiger partial charge in [0.1, 0.15) is 38.5 Å². The summed E-state index contributed by atoms with van der Waals surface area (Å²) in [6, 6.07) is 69.5.